The number of aromatic nitrogens is 1. The van der Waals surface area contributed by atoms with Gasteiger partial charge in [0.05, 0.1) is 0 Å². The summed E-state index contributed by atoms with van der Waals surface area (Å²) in [5.41, 5.74) is 0.480. The van der Waals surface area contributed by atoms with E-state index in [1.165, 1.54) is 0 Å². The molecule has 98 valence electrons. The van der Waals surface area contributed by atoms with Crippen LogP contribution < -0.4 is 0 Å². The molecule has 1 aliphatic heterocycles. The Morgan fingerprint density at radius 2 is 2.44 bits per heavy atom. The van der Waals surface area contributed by atoms with Gasteiger partial charge in [0.1, 0.15) is 5.69 Å². The van der Waals surface area contributed by atoms with E-state index in [2.05, 4.69) is 20.9 Å². The van der Waals surface area contributed by atoms with Gasteiger partial charge in [0.15, 0.2) is 0 Å². The molecule has 0 spiro atoms. The predicted molar refractivity (Wildman–Crippen MR) is 72.3 cm³/mol. The van der Waals surface area contributed by atoms with Crippen LogP contribution in [0.3, 0.4) is 0 Å². The van der Waals surface area contributed by atoms with Crippen molar-refractivity contribution in [3.8, 4) is 0 Å². The van der Waals surface area contributed by atoms with E-state index in [-0.39, 0.29) is 18.6 Å². The number of carbonyl (C=O) groups excluding carboxylic acids is 1. The van der Waals surface area contributed by atoms with Crippen molar-refractivity contribution in [3.05, 3.63) is 28.5 Å². The second-order valence-electron chi connectivity index (χ2n) is 4.49. The van der Waals surface area contributed by atoms with E-state index < -0.39 is 0 Å². The molecule has 4 nitrogen and oxygen atoms in total. The minimum Gasteiger partial charge on any atom is -0.396 e. The fraction of sp³-hybridized carbons (Fsp3) is 0.538. The van der Waals surface area contributed by atoms with Gasteiger partial charge in [0, 0.05) is 29.9 Å². The molecule has 1 N–H and O–H groups in total. The largest absolute Gasteiger partial charge is 0.396 e. The van der Waals surface area contributed by atoms with Crippen LogP contribution >= 0.6 is 15.9 Å². The summed E-state index contributed by atoms with van der Waals surface area (Å²) in [6.07, 6.45) is 5.31. The lowest BCUT2D eigenvalue weighted by atomic mass is 10.1. The molecular weight excluding hydrogens is 296 g/mol. The second-order valence-corrected chi connectivity index (χ2v) is 5.35. The van der Waals surface area contributed by atoms with Crippen molar-refractivity contribution in [2.75, 3.05) is 13.2 Å². The molecule has 1 aliphatic rings. The average molecular weight is 313 g/mol. The van der Waals surface area contributed by atoms with Crippen LogP contribution in [0.4, 0.5) is 0 Å². The van der Waals surface area contributed by atoms with E-state index in [1.807, 2.05) is 11.0 Å². The van der Waals surface area contributed by atoms with Gasteiger partial charge in [-0.3, -0.25) is 4.79 Å². The third-order valence-electron chi connectivity index (χ3n) is 3.29. The molecule has 2 rings (SSSR count). The van der Waals surface area contributed by atoms with Crippen LogP contribution in [-0.4, -0.2) is 40.1 Å². The van der Waals surface area contributed by atoms with E-state index in [4.69, 9.17) is 5.11 Å². The number of likely N-dealkylation sites (tertiary alicyclic amines) is 1. The van der Waals surface area contributed by atoms with Gasteiger partial charge >= 0.3 is 0 Å². The van der Waals surface area contributed by atoms with Crippen molar-refractivity contribution in [1.82, 2.24) is 9.88 Å². The van der Waals surface area contributed by atoms with Gasteiger partial charge in [0.2, 0.25) is 0 Å². The highest BCUT2D eigenvalue weighted by Crippen LogP contribution is 2.25. The zero-order valence-corrected chi connectivity index (χ0v) is 11.8. The maximum Gasteiger partial charge on any atom is 0.273 e. The lowest BCUT2D eigenvalue weighted by Crippen LogP contribution is -2.36. The fourth-order valence-corrected chi connectivity index (χ4v) is 2.83. The number of hydrogen-bond donors (Lipinski definition) is 1. The van der Waals surface area contributed by atoms with Crippen molar-refractivity contribution in [3.63, 3.8) is 0 Å². The summed E-state index contributed by atoms with van der Waals surface area (Å²) in [5.74, 6) is -0.0112. The molecule has 1 fully saturated rings. The van der Waals surface area contributed by atoms with E-state index >= 15 is 0 Å². The van der Waals surface area contributed by atoms with Crippen molar-refractivity contribution < 1.29 is 9.90 Å². The lowest BCUT2D eigenvalue weighted by molar-refractivity contribution is 0.0717. The standard InChI is InChI=1S/C13H17BrN2O2/c14-11-6-1-7-15-12(11)13(18)16-8-2-4-10(16)5-3-9-17/h1,6-7,10,17H,2-5,8-9H2. The number of nitrogens with zero attached hydrogens (tertiary/aromatic N) is 2. The summed E-state index contributed by atoms with van der Waals surface area (Å²) in [5, 5.41) is 8.89. The van der Waals surface area contributed by atoms with Crippen LogP contribution in [0.2, 0.25) is 0 Å². The first kappa shape index (κ1) is 13.5. The maximum atomic E-state index is 12.4. The Morgan fingerprint density at radius 1 is 1.61 bits per heavy atom. The predicted octanol–water partition coefficient (Wildman–Crippen LogP) is 2.22. The van der Waals surface area contributed by atoms with Gasteiger partial charge in [-0.2, -0.15) is 0 Å². The van der Waals surface area contributed by atoms with Crippen LogP contribution in [-0.2, 0) is 0 Å². The number of aliphatic hydroxyl groups excluding tert-OH is 1. The van der Waals surface area contributed by atoms with Crippen molar-refractivity contribution in [1.29, 1.82) is 0 Å². The molecule has 1 unspecified atom stereocenters. The molecule has 1 aromatic rings. The van der Waals surface area contributed by atoms with Gasteiger partial charge in [-0.05, 0) is 53.7 Å². The highest BCUT2D eigenvalue weighted by atomic mass is 79.9. The highest BCUT2D eigenvalue weighted by molar-refractivity contribution is 9.10. The molecule has 2 heterocycles. The van der Waals surface area contributed by atoms with Gasteiger partial charge in [-0.15, -0.1) is 0 Å². The molecule has 5 heteroatoms. The number of hydrogen-bond acceptors (Lipinski definition) is 3. The van der Waals surface area contributed by atoms with Gasteiger partial charge in [-0.25, -0.2) is 4.98 Å². The molecule has 0 aromatic carbocycles. The Morgan fingerprint density at radius 3 is 3.17 bits per heavy atom. The first-order chi connectivity index (χ1) is 8.74. The lowest BCUT2D eigenvalue weighted by Gasteiger charge is -2.24. The zero-order valence-electron chi connectivity index (χ0n) is 10.2. The summed E-state index contributed by atoms with van der Waals surface area (Å²) in [7, 11) is 0. The van der Waals surface area contributed by atoms with E-state index in [0.717, 1.165) is 36.7 Å². The molecule has 0 saturated carbocycles. The summed E-state index contributed by atoms with van der Waals surface area (Å²) < 4.78 is 0.739. The van der Waals surface area contributed by atoms with Crippen molar-refractivity contribution in [2.24, 2.45) is 0 Å². The average Bonchev–Trinajstić information content (AvgIpc) is 2.84. The molecule has 18 heavy (non-hydrogen) atoms. The number of aliphatic hydroxyl groups is 1. The SMILES string of the molecule is O=C(c1ncccc1Br)N1CCCC1CCCO. The van der Waals surface area contributed by atoms with Gasteiger partial charge in [0.25, 0.3) is 5.91 Å². The van der Waals surface area contributed by atoms with Gasteiger partial charge in [-0.1, -0.05) is 0 Å². The summed E-state index contributed by atoms with van der Waals surface area (Å²) in [6, 6.07) is 3.88. The number of carbonyl (C=O) groups is 1. The molecule has 0 radical (unpaired) electrons. The van der Waals surface area contributed by atoms with E-state index in [0.29, 0.717) is 5.69 Å². The van der Waals surface area contributed by atoms with Crippen molar-refractivity contribution in [2.45, 2.75) is 31.7 Å². The minimum absolute atomic E-state index is 0.0112. The Hall–Kier alpha value is -0.940. The van der Waals surface area contributed by atoms with Crippen LogP contribution in [0.25, 0.3) is 0 Å². The second kappa shape index (κ2) is 6.29. The van der Waals surface area contributed by atoms with E-state index in [9.17, 15) is 4.79 Å². The first-order valence-electron chi connectivity index (χ1n) is 6.26. The number of rotatable bonds is 4. The molecule has 0 aliphatic carbocycles. The molecule has 1 aromatic heterocycles. The van der Waals surface area contributed by atoms with Gasteiger partial charge < -0.3 is 10.0 Å². The maximum absolute atomic E-state index is 12.4. The molecule has 1 amide bonds. The Kier molecular flexibility index (Phi) is 4.72. The Labute approximate surface area is 115 Å². The summed E-state index contributed by atoms with van der Waals surface area (Å²) in [6.45, 7) is 0.976. The minimum atomic E-state index is -0.0112. The monoisotopic (exact) mass is 312 g/mol. The third-order valence-corrected chi connectivity index (χ3v) is 3.93. The van der Waals surface area contributed by atoms with Crippen molar-refractivity contribution >= 4 is 21.8 Å². The van der Waals surface area contributed by atoms with Crippen LogP contribution in [0.5, 0.6) is 0 Å². The summed E-state index contributed by atoms with van der Waals surface area (Å²) in [4.78, 5) is 18.5. The highest BCUT2D eigenvalue weighted by Gasteiger charge is 2.30. The zero-order chi connectivity index (χ0) is 13.0. The molecule has 1 saturated heterocycles. The van der Waals surface area contributed by atoms with Crippen LogP contribution in [0.1, 0.15) is 36.2 Å². The Balaban J connectivity index is 2.10. The smallest absolute Gasteiger partial charge is 0.273 e. The molecule has 1 atom stereocenters. The normalized spacial score (nSPS) is 19.2. The Bertz CT molecular complexity index is 425. The first-order valence-corrected chi connectivity index (χ1v) is 7.05. The number of amides is 1. The van der Waals surface area contributed by atoms with Crippen LogP contribution in [0, 0.1) is 0 Å². The molecule has 0 bridgehead atoms. The van der Waals surface area contributed by atoms with Crippen LogP contribution in [0.15, 0.2) is 22.8 Å². The molecular formula is C13H17BrN2O2. The number of pyridine rings is 1. The van der Waals surface area contributed by atoms with E-state index in [1.54, 1.807) is 12.3 Å². The third kappa shape index (κ3) is 2.90. The fourth-order valence-electron chi connectivity index (χ4n) is 2.41. The summed E-state index contributed by atoms with van der Waals surface area (Å²) >= 11 is 3.37. The quantitative estimate of drug-likeness (QED) is 0.927. The topological polar surface area (TPSA) is 53.4 Å². The number of halogens is 1.